The summed E-state index contributed by atoms with van der Waals surface area (Å²) in [5.74, 6) is -1.55. The second kappa shape index (κ2) is 7.14. The summed E-state index contributed by atoms with van der Waals surface area (Å²) < 4.78 is 10.1. The van der Waals surface area contributed by atoms with Crippen LogP contribution in [0.1, 0.15) is 17.3 Å². The van der Waals surface area contributed by atoms with E-state index in [4.69, 9.17) is 26.2 Å². The topological polar surface area (TPSA) is 105 Å². The van der Waals surface area contributed by atoms with Crippen LogP contribution in [0.2, 0.25) is 5.02 Å². The van der Waals surface area contributed by atoms with Gasteiger partial charge in [-0.25, -0.2) is 4.79 Å². The Kier molecular flexibility index (Phi) is 5.80. The molecule has 0 fully saturated rings. The highest BCUT2D eigenvalue weighted by atomic mass is 35.5. The normalized spacial score (nSPS) is 13.2. The Hall–Kier alpha value is -1.99. The van der Waals surface area contributed by atoms with Crippen molar-refractivity contribution in [2.24, 2.45) is 0 Å². The zero-order chi connectivity index (χ0) is 16.2. The van der Waals surface area contributed by atoms with Crippen LogP contribution in [0.4, 0.5) is 0 Å². The lowest BCUT2D eigenvalue weighted by atomic mass is 10.1. The minimum atomic E-state index is -1.43. The molecule has 0 spiro atoms. The predicted octanol–water partition coefficient (Wildman–Crippen LogP) is 0.921. The fourth-order valence-corrected chi connectivity index (χ4v) is 1.95. The van der Waals surface area contributed by atoms with Crippen molar-refractivity contribution in [3.05, 3.63) is 22.7 Å². The van der Waals surface area contributed by atoms with Gasteiger partial charge in [0.15, 0.2) is 17.5 Å². The average Bonchev–Trinajstić information content (AvgIpc) is 2.42. The summed E-state index contributed by atoms with van der Waals surface area (Å²) >= 11 is 5.97. The molecule has 7 nitrogen and oxygen atoms in total. The summed E-state index contributed by atoms with van der Waals surface area (Å²) in [6.45, 7) is 1.26. The highest BCUT2D eigenvalue weighted by molar-refractivity contribution is 6.32. The third-order valence-corrected chi connectivity index (χ3v) is 3.01. The number of aliphatic hydroxyl groups is 1. The van der Waals surface area contributed by atoms with Gasteiger partial charge in [-0.2, -0.15) is 0 Å². The first-order valence-corrected chi connectivity index (χ1v) is 6.32. The average molecular weight is 318 g/mol. The Morgan fingerprint density at radius 3 is 2.33 bits per heavy atom. The molecule has 1 aromatic carbocycles. The van der Waals surface area contributed by atoms with E-state index >= 15 is 0 Å². The first-order valence-electron chi connectivity index (χ1n) is 5.95. The van der Waals surface area contributed by atoms with Crippen molar-refractivity contribution in [3.63, 3.8) is 0 Å². The van der Waals surface area contributed by atoms with Crippen molar-refractivity contribution in [2.45, 2.75) is 19.1 Å². The van der Waals surface area contributed by atoms with Gasteiger partial charge in [0.2, 0.25) is 0 Å². The van der Waals surface area contributed by atoms with Gasteiger partial charge in [0.05, 0.1) is 25.3 Å². The number of aliphatic carboxylic acids is 1. The number of aliphatic hydroxyl groups excluding tert-OH is 1. The molecule has 0 heterocycles. The molecular formula is C13H16ClNO6. The number of carboxylic acid groups (broad SMARTS) is 1. The van der Waals surface area contributed by atoms with Gasteiger partial charge < -0.3 is 25.0 Å². The number of halogens is 1. The number of hydrogen-bond acceptors (Lipinski definition) is 5. The number of nitrogens with one attached hydrogen (secondary N) is 1. The van der Waals surface area contributed by atoms with Gasteiger partial charge in [0.25, 0.3) is 5.91 Å². The molecule has 1 amide bonds. The molecule has 0 bridgehead atoms. The molecule has 0 aromatic heterocycles. The maximum atomic E-state index is 12.0. The number of methoxy groups -OCH3 is 2. The third-order valence-electron chi connectivity index (χ3n) is 2.73. The molecule has 21 heavy (non-hydrogen) atoms. The minimum Gasteiger partial charge on any atom is -0.493 e. The molecule has 116 valence electrons. The van der Waals surface area contributed by atoms with Crippen molar-refractivity contribution in [1.82, 2.24) is 5.32 Å². The van der Waals surface area contributed by atoms with E-state index in [1.807, 2.05) is 0 Å². The van der Waals surface area contributed by atoms with E-state index in [1.165, 1.54) is 33.3 Å². The maximum absolute atomic E-state index is 12.0. The lowest BCUT2D eigenvalue weighted by Gasteiger charge is -2.18. The van der Waals surface area contributed by atoms with Gasteiger partial charge in [-0.3, -0.25) is 4.79 Å². The molecule has 0 radical (unpaired) electrons. The van der Waals surface area contributed by atoms with Gasteiger partial charge in [0, 0.05) is 5.56 Å². The number of carboxylic acids is 1. The van der Waals surface area contributed by atoms with Gasteiger partial charge >= 0.3 is 5.97 Å². The Morgan fingerprint density at radius 2 is 1.90 bits per heavy atom. The van der Waals surface area contributed by atoms with Crippen LogP contribution < -0.4 is 14.8 Å². The Labute approximate surface area is 126 Å². The molecule has 0 saturated carbocycles. The summed E-state index contributed by atoms with van der Waals surface area (Å²) in [7, 11) is 2.78. The van der Waals surface area contributed by atoms with Crippen molar-refractivity contribution >= 4 is 23.5 Å². The van der Waals surface area contributed by atoms with Gasteiger partial charge in [-0.15, -0.1) is 0 Å². The van der Waals surface area contributed by atoms with Gasteiger partial charge in [-0.05, 0) is 19.1 Å². The fraction of sp³-hybridized carbons (Fsp3) is 0.385. The summed E-state index contributed by atoms with van der Waals surface area (Å²) in [5, 5.41) is 20.6. The zero-order valence-corrected chi connectivity index (χ0v) is 12.5. The van der Waals surface area contributed by atoms with Crippen molar-refractivity contribution in [3.8, 4) is 11.5 Å². The quantitative estimate of drug-likeness (QED) is 0.720. The summed E-state index contributed by atoms with van der Waals surface area (Å²) in [6, 6.07) is 1.25. The van der Waals surface area contributed by atoms with Crippen molar-refractivity contribution < 1.29 is 29.3 Å². The Morgan fingerprint density at radius 1 is 1.29 bits per heavy atom. The minimum absolute atomic E-state index is 0.0875. The van der Waals surface area contributed by atoms with E-state index in [9.17, 15) is 14.7 Å². The number of carbonyl (C=O) groups excluding carboxylic acids is 1. The van der Waals surface area contributed by atoms with Crippen molar-refractivity contribution in [1.29, 1.82) is 0 Å². The number of rotatable bonds is 6. The molecule has 1 rings (SSSR count). The number of carbonyl (C=O) groups is 2. The first-order chi connectivity index (χ1) is 9.81. The monoisotopic (exact) mass is 317 g/mol. The van der Waals surface area contributed by atoms with Crippen LogP contribution in [0.5, 0.6) is 11.5 Å². The summed E-state index contributed by atoms with van der Waals surface area (Å²) in [6.07, 6.45) is -1.25. The molecule has 0 aliphatic rings. The maximum Gasteiger partial charge on any atom is 0.328 e. The first kappa shape index (κ1) is 17.1. The van der Waals surface area contributed by atoms with Crippen molar-refractivity contribution in [2.75, 3.05) is 14.2 Å². The molecule has 0 aliphatic heterocycles. The van der Waals surface area contributed by atoms with E-state index < -0.39 is 24.0 Å². The van der Waals surface area contributed by atoms with Gasteiger partial charge in [0.1, 0.15) is 0 Å². The molecule has 0 saturated heterocycles. The van der Waals surface area contributed by atoms with E-state index in [-0.39, 0.29) is 22.1 Å². The van der Waals surface area contributed by atoms with Crippen LogP contribution in [0.25, 0.3) is 0 Å². The van der Waals surface area contributed by atoms with Crippen LogP contribution in [0, 0.1) is 0 Å². The molecule has 0 aliphatic carbocycles. The zero-order valence-electron chi connectivity index (χ0n) is 11.7. The fourth-order valence-electron chi connectivity index (χ4n) is 1.66. The third kappa shape index (κ3) is 3.99. The van der Waals surface area contributed by atoms with Crippen LogP contribution in [0.3, 0.4) is 0 Å². The lowest BCUT2D eigenvalue weighted by molar-refractivity contribution is -0.141. The molecule has 3 N–H and O–H groups in total. The number of amides is 1. The number of hydrogen-bond donors (Lipinski definition) is 3. The number of benzene rings is 1. The lowest BCUT2D eigenvalue weighted by Crippen LogP contribution is -2.47. The molecule has 8 heteroatoms. The molecule has 2 unspecified atom stereocenters. The smallest absolute Gasteiger partial charge is 0.328 e. The SMILES string of the molecule is COc1cc(C(=O)NC(C(=O)O)C(C)O)cc(Cl)c1OC. The van der Waals surface area contributed by atoms with Crippen LogP contribution in [-0.2, 0) is 4.79 Å². The predicted molar refractivity (Wildman–Crippen MR) is 75.1 cm³/mol. The summed E-state index contributed by atoms with van der Waals surface area (Å²) in [5.41, 5.74) is 0.0875. The largest absolute Gasteiger partial charge is 0.493 e. The molecule has 2 atom stereocenters. The summed E-state index contributed by atoms with van der Waals surface area (Å²) in [4.78, 5) is 23.0. The van der Waals surface area contributed by atoms with Gasteiger partial charge in [-0.1, -0.05) is 11.6 Å². The van der Waals surface area contributed by atoms with Crippen LogP contribution in [0.15, 0.2) is 12.1 Å². The second-order valence-electron chi connectivity index (χ2n) is 4.22. The molecular weight excluding hydrogens is 302 g/mol. The molecule has 1 aromatic rings. The highest BCUT2D eigenvalue weighted by Crippen LogP contribution is 2.35. The van der Waals surface area contributed by atoms with Crippen LogP contribution >= 0.6 is 11.6 Å². The standard InChI is InChI=1S/C13H16ClNO6/c1-6(16)10(13(18)19)15-12(17)7-4-8(14)11(21-3)9(5-7)20-2/h4-6,10,16H,1-3H3,(H,15,17)(H,18,19). The van der Waals surface area contributed by atoms with E-state index in [2.05, 4.69) is 5.32 Å². The Balaban J connectivity index is 3.08. The Bertz CT molecular complexity index is 546. The number of ether oxygens (including phenoxy) is 2. The van der Waals surface area contributed by atoms with E-state index in [1.54, 1.807) is 0 Å². The van der Waals surface area contributed by atoms with E-state index in [0.29, 0.717) is 0 Å². The highest BCUT2D eigenvalue weighted by Gasteiger charge is 2.26. The van der Waals surface area contributed by atoms with E-state index in [0.717, 1.165) is 0 Å². The van der Waals surface area contributed by atoms with Crippen LogP contribution in [-0.4, -0.2) is 48.5 Å². The second-order valence-corrected chi connectivity index (χ2v) is 4.63.